The first kappa shape index (κ1) is 15.7. The van der Waals surface area contributed by atoms with Crippen LogP contribution in [-0.4, -0.2) is 23.8 Å². The summed E-state index contributed by atoms with van der Waals surface area (Å²) in [4.78, 5) is 15.8. The number of aromatic nitrogens is 1. The van der Waals surface area contributed by atoms with Crippen LogP contribution in [0, 0.1) is 0 Å². The van der Waals surface area contributed by atoms with Gasteiger partial charge in [-0.15, -0.1) is 11.8 Å². The summed E-state index contributed by atoms with van der Waals surface area (Å²) >= 11 is 7.45. The maximum absolute atomic E-state index is 11.8. The third-order valence-electron chi connectivity index (χ3n) is 2.62. The van der Waals surface area contributed by atoms with Crippen molar-refractivity contribution in [2.45, 2.75) is 5.75 Å². The molecule has 1 aromatic heterocycles. The first-order valence-electron chi connectivity index (χ1n) is 6.29. The third kappa shape index (κ3) is 5.28. The highest BCUT2D eigenvalue weighted by atomic mass is 35.5. The molecule has 21 heavy (non-hydrogen) atoms. The SMILES string of the molecule is COc1ccc(NC(=O)CSCc2cccc(Cl)c2)cn1. The molecule has 0 bridgehead atoms. The van der Waals surface area contributed by atoms with Gasteiger partial charge in [0.25, 0.3) is 0 Å². The Morgan fingerprint density at radius 1 is 1.38 bits per heavy atom. The number of pyridine rings is 1. The maximum Gasteiger partial charge on any atom is 0.234 e. The largest absolute Gasteiger partial charge is 0.481 e. The van der Waals surface area contributed by atoms with E-state index >= 15 is 0 Å². The van der Waals surface area contributed by atoms with Crippen LogP contribution < -0.4 is 10.1 Å². The quantitative estimate of drug-likeness (QED) is 0.882. The van der Waals surface area contributed by atoms with Gasteiger partial charge < -0.3 is 10.1 Å². The number of methoxy groups -OCH3 is 1. The lowest BCUT2D eigenvalue weighted by atomic mass is 10.2. The minimum absolute atomic E-state index is 0.0611. The van der Waals surface area contributed by atoms with Gasteiger partial charge in [0.15, 0.2) is 0 Å². The second-order valence-electron chi connectivity index (χ2n) is 4.26. The average molecular weight is 323 g/mol. The van der Waals surface area contributed by atoms with Crippen molar-refractivity contribution in [1.29, 1.82) is 0 Å². The van der Waals surface area contributed by atoms with Crippen LogP contribution in [0.15, 0.2) is 42.6 Å². The minimum Gasteiger partial charge on any atom is -0.481 e. The van der Waals surface area contributed by atoms with E-state index in [-0.39, 0.29) is 5.91 Å². The van der Waals surface area contributed by atoms with Gasteiger partial charge in [-0.3, -0.25) is 4.79 Å². The molecule has 0 atom stereocenters. The second-order valence-corrected chi connectivity index (χ2v) is 5.68. The van der Waals surface area contributed by atoms with Gasteiger partial charge in [-0.25, -0.2) is 4.98 Å². The van der Waals surface area contributed by atoms with E-state index < -0.39 is 0 Å². The smallest absolute Gasteiger partial charge is 0.234 e. The number of halogens is 1. The van der Waals surface area contributed by atoms with Gasteiger partial charge in [-0.1, -0.05) is 23.7 Å². The molecule has 0 saturated heterocycles. The number of anilines is 1. The highest BCUT2D eigenvalue weighted by molar-refractivity contribution is 7.99. The number of carbonyl (C=O) groups excluding carboxylic acids is 1. The van der Waals surface area contributed by atoms with E-state index in [4.69, 9.17) is 16.3 Å². The molecule has 4 nitrogen and oxygen atoms in total. The molecule has 0 saturated carbocycles. The van der Waals surface area contributed by atoms with Crippen LogP contribution in [0.5, 0.6) is 5.88 Å². The highest BCUT2D eigenvalue weighted by Crippen LogP contribution is 2.17. The van der Waals surface area contributed by atoms with E-state index in [9.17, 15) is 4.79 Å². The lowest BCUT2D eigenvalue weighted by Gasteiger charge is -2.06. The summed E-state index contributed by atoms with van der Waals surface area (Å²) in [5.41, 5.74) is 1.76. The molecule has 0 unspecified atom stereocenters. The van der Waals surface area contributed by atoms with E-state index in [1.165, 1.54) is 11.8 Å². The Hall–Kier alpha value is -1.72. The zero-order chi connectivity index (χ0) is 15.1. The topological polar surface area (TPSA) is 51.2 Å². The third-order valence-corrected chi connectivity index (χ3v) is 3.86. The van der Waals surface area contributed by atoms with E-state index in [1.807, 2.05) is 24.3 Å². The summed E-state index contributed by atoms with van der Waals surface area (Å²) in [5.74, 6) is 1.57. The number of hydrogen-bond donors (Lipinski definition) is 1. The molecule has 2 rings (SSSR count). The van der Waals surface area contributed by atoms with Crippen LogP contribution in [0.25, 0.3) is 0 Å². The molecule has 1 amide bonds. The zero-order valence-electron chi connectivity index (χ0n) is 11.5. The number of nitrogens with one attached hydrogen (secondary N) is 1. The molecule has 0 radical (unpaired) electrons. The van der Waals surface area contributed by atoms with Crippen LogP contribution >= 0.6 is 23.4 Å². The van der Waals surface area contributed by atoms with Crippen LogP contribution in [-0.2, 0) is 10.5 Å². The summed E-state index contributed by atoms with van der Waals surface area (Å²) in [6.45, 7) is 0. The second kappa shape index (κ2) is 7.90. The van der Waals surface area contributed by atoms with Gasteiger partial charge in [0.1, 0.15) is 0 Å². The number of ether oxygens (including phenoxy) is 1. The van der Waals surface area contributed by atoms with Crippen molar-refractivity contribution < 1.29 is 9.53 Å². The molecule has 6 heteroatoms. The van der Waals surface area contributed by atoms with Gasteiger partial charge in [0.2, 0.25) is 11.8 Å². The van der Waals surface area contributed by atoms with Crippen molar-refractivity contribution in [2.75, 3.05) is 18.2 Å². The molecule has 0 aliphatic heterocycles. The van der Waals surface area contributed by atoms with Crippen molar-refractivity contribution in [1.82, 2.24) is 4.98 Å². The van der Waals surface area contributed by atoms with Crippen LogP contribution in [0.1, 0.15) is 5.56 Å². The molecule has 1 N–H and O–H groups in total. The normalized spacial score (nSPS) is 10.2. The van der Waals surface area contributed by atoms with Gasteiger partial charge in [0.05, 0.1) is 24.7 Å². The van der Waals surface area contributed by atoms with E-state index in [1.54, 1.807) is 25.4 Å². The molecule has 0 spiro atoms. The zero-order valence-corrected chi connectivity index (χ0v) is 13.1. The highest BCUT2D eigenvalue weighted by Gasteiger charge is 2.04. The van der Waals surface area contributed by atoms with Crippen LogP contribution in [0.4, 0.5) is 5.69 Å². The molecule has 1 aromatic carbocycles. The summed E-state index contributed by atoms with van der Waals surface area (Å²) in [6, 6.07) is 11.1. The number of amides is 1. The molecular formula is C15H15ClN2O2S. The van der Waals surface area contributed by atoms with Crippen LogP contribution in [0.2, 0.25) is 5.02 Å². The number of benzene rings is 1. The number of carbonyl (C=O) groups is 1. The van der Waals surface area contributed by atoms with Gasteiger partial charge >= 0.3 is 0 Å². The van der Waals surface area contributed by atoms with Crippen LogP contribution in [0.3, 0.4) is 0 Å². The fourth-order valence-corrected chi connectivity index (χ4v) is 2.65. The van der Waals surface area contributed by atoms with Gasteiger partial charge in [0, 0.05) is 16.8 Å². The van der Waals surface area contributed by atoms with E-state index in [0.29, 0.717) is 22.3 Å². The van der Waals surface area contributed by atoms with Crippen molar-refractivity contribution in [3.05, 3.63) is 53.2 Å². The molecule has 1 heterocycles. The molecule has 110 valence electrons. The minimum atomic E-state index is -0.0611. The monoisotopic (exact) mass is 322 g/mol. The Morgan fingerprint density at radius 3 is 2.90 bits per heavy atom. The van der Waals surface area contributed by atoms with E-state index in [2.05, 4.69) is 10.3 Å². The fraction of sp³-hybridized carbons (Fsp3) is 0.200. The standard InChI is InChI=1S/C15H15ClN2O2S/c1-20-15-6-5-13(8-17-15)18-14(19)10-21-9-11-3-2-4-12(16)7-11/h2-8H,9-10H2,1H3,(H,18,19). The molecule has 0 aliphatic carbocycles. The Balaban J connectivity index is 1.76. The average Bonchev–Trinajstić information content (AvgIpc) is 2.48. The summed E-state index contributed by atoms with van der Waals surface area (Å²) < 4.78 is 4.96. The Labute approximate surface area is 132 Å². The molecular weight excluding hydrogens is 308 g/mol. The Kier molecular flexibility index (Phi) is 5.90. The lowest BCUT2D eigenvalue weighted by Crippen LogP contribution is -2.14. The van der Waals surface area contributed by atoms with Crippen molar-refractivity contribution >= 4 is 35.0 Å². The Bertz CT molecular complexity index is 605. The predicted octanol–water partition coefficient (Wildman–Crippen LogP) is 3.62. The summed E-state index contributed by atoms with van der Waals surface area (Å²) in [5, 5.41) is 3.50. The summed E-state index contributed by atoms with van der Waals surface area (Å²) in [7, 11) is 1.55. The maximum atomic E-state index is 11.8. The number of thioether (sulfide) groups is 1. The molecule has 0 aliphatic rings. The number of nitrogens with zero attached hydrogens (tertiary/aromatic N) is 1. The van der Waals surface area contributed by atoms with Crippen molar-refractivity contribution in [3.63, 3.8) is 0 Å². The number of hydrogen-bond acceptors (Lipinski definition) is 4. The first-order chi connectivity index (χ1) is 10.2. The molecule has 0 fully saturated rings. The fourth-order valence-electron chi connectivity index (χ4n) is 1.66. The summed E-state index contributed by atoms with van der Waals surface area (Å²) in [6.07, 6.45) is 1.57. The first-order valence-corrected chi connectivity index (χ1v) is 7.83. The Morgan fingerprint density at radius 2 is 2.24 bits per heavy atom. The lowest BCUT2D eigenvalue weighted by molar-refractivity contribution is -0.113. The predicted molar refractivity (Wildman–Crippen MR) is 87.0 cm³/mol. The van der Waals surface area contributed by atoms with E-state index in [0.717, 1.165) is 11.3 Å². The van der Waals surface area contributed by atoms with Crippen molar-refractivity contribution in [2.24, 2.45) is 0 Å². The van der Waals surface area contributed by atoms with Gasteiger partial charge in [-0.05, 0) is 23.8 Å². The van der Waals surface area contributed by atoms with Gasteiger partial charge in [-0.2, -0.15) is 0 Å². The number of rotatable bonds is 6. The molecule has 2 aromatic rings. The van der Waals surface area contributed by atoms with Crippen molar-refractivity contribution in [3.8, 4) is 5.88 Å².